The average molecular weight is 489 g/mol. The number of nitrogens with zero attached hydrogens (tertiary/aromatic N) is 2. The van der Waals surface area contributed by atoms with Crippen molar-refractivity contribution in [1.29, 1.82) is 0 Å². The summed E-state index contributed by atoms with van der Waals surface area (Å²) in [7, 11) is 1.63. The third-order valence-corrected chi connectivity index (χ3v) is 10.8. The predicted molar refractivity (Wildman–Crippen MR) is 135 cm³/mol. The van der Waals surface area contributed by atoms with E-state index in [2.05, 4.69) is 40.1 Å². The first-order valence-electron chi connectivity index (χ1n) is 13.8. The molecule has 0 spiro atoms. The molecule has 3 saturated heterocycles. The van der Waals surface area contributed by atoms with Crippen molar-refractivity contribution in [3.8, 4) is 11.5 Å². The van der Waals surface area contributed by atoms with Crippen LogP contribution in [0.4, 0.5) is 0 Å². The van der Waals surface area contributed by atoms with Crippen molar-refractivity contribution >= 4 is 0 Å². The molecule has 6 heteroatoms. The lowest BCUT2D eigenvalue weighted by Crippen LogP contribution is -2.76. The van der Waals surface area contributed by atoms with Crippen LogP contribution in [0.15, 0.2) is 42.5 Å². The molecule has 6 aliphatic rings. The second kappa shape index (κ2) is 7.25. The number of hydrogen-bond acceptors (Lipinski definition) is 6. The quantitative estimate of drug-likeness (QED) is 0.672. The summed E-state index contributed by atoms with van der Waals surface area (Å²) in [5.74, 6) is 1.55. The van der Waals surface area contributed by atoms with Crippen molar-refractivity contribution in [2.75, 3.05) is 26.7 Å². The first kappa shape index (κ1) is 21.9. The number of phenolic OH excluding ortho intramolecular Hbond substituents is 1. The topological polar surface area (TPSA) is 65.4 Å². The summed E-state index contributed by atoms with van der Waals surface area (Å²) >= 11 is 0. The van der Waals surface area contributed by atoms with Crippen LogP contribution in [-0.4, -0.2) is 70.2 Å². The Balaban J connectivity index is 1.29. The number of rotatable bonds is 5. The van der Waals surface area contributed by atoms with Gasteiger partial charge >= 0.3 is 0 Å². The number of aromatic hydroxyl groups is 1. The highest BCUT2D eigenvalue weighted by Crippen LogP contribution is 2.73. The molecule has 0 amide bonds. The number of likely N-dealkylation sites (tertiary alicyclic amines) is 2. The molecule has 2 N–H and O–H groups in total. The fourth-order valence-corrected chi connectivity index (χ4v) is 9.37. The van der Waals surface area contributed by atoms with E-state index in [9.17, 15) is 10.2 Å². The molecule has 0 aromatic heterocycles. The van der Waals surface area contributed by atoms with Gasteiger partial charge in [-0.15, -0.1) is 0 Å². The van der Waals surface area contributed by atoms with Crippen molar-refractivity contribution in [2.24, 2.45) is 11.8 Å². The zero-order chi connectivity index (χ0) is 24.3. The summed E-state index contributed by atoms with van der Waals surface area (Å²) in [5, 5.41) is 24.2. The molecule has 5 unspecified atom stereocenters. The highest BCUT2D eigenvalue weighted by molar-refractivity contribution is 5.60. The molecule has 6 nitrogen and oxygen atoms in total. The molecule has 36 heavy (non-hydrogen) atoms. The van der Waals surface area contributed by atoms with Gasteiger partial charge in [-0.3, -0.25) is 9.80 Å². The van der Waals surface area contributed by atoms with E-state index in [4.69, 9.17) is 9.47 Å². The van der Waals surface area contributed by atoms with Gasteiger partial charge in [0.15, 0.2) is 11.5 Å². The van der Waals surface area contributed by atoms with Gasteiger partial charge in [0.05, 0.1) is 18.8 Å². The van der Waals surface area contributed by atoms with E-state index in [1.54, 1.807) is 7.11 Å². The lowest BCUT2D eigenvalue weighted by atomic mass is 9.45. The summed E-state index contributed by atoms with van der Waals surface area (Å²) in [6.07, 6.45) is 5.99. The Morgan fingerprint density at radius 2 is 1.92 bits per heavy atom. The summed E-state index contributed by atoms with van der Waals surface area (Å²) in [5.41, 5.74) is 1.71. The smallest absolute Gasteiger partial charge is 0.161 e. The van der Waals surface area contributed by atoms with Crippen LogP contribution in [0.3, 0.4) is 0 Å². The standard InChI is InChI=1S/C30H36N2O4/c1-35-22-10-9-21-15-24-29-11-12-30(34)27(23(36-29)18-32(30)17-19-5-3-2-4-6-19)28(29,25(21)26(22)33)13-14-31(24)16-20-7-8-20/h2-6,9-10,20,23-24,27,33-34H,7-8,11-18H2,1H3/t23-,24?,27?,28?,29?,30?/m1/s1. The van der Waals surface area contributed by atoms with Gasteiger partial charge in [-0.05, 0) is 68.2 Å². The van der Waals surface area contributed by atoms with Gasteiger partial charge in [0.2, 0.25) is 0 Å². The maximum atomic E-state index is 12.6. The van der Waals surface area contributed by atoms with Crippen molar-refractivity contribution in [2.45, 2.75) is 74.0 Å². The summed E-state index contributed by atoms with van der Waals surface area (Å²) in [6.45, 7) is 3.60. The largest absolute Gasteiger partial charge is 0.504 e. The van der Waals surface area contributed by atoms with Gasteiger partial charge < -0.3 is 19.7 Å². The first-order chi connectivity index (χ1) is 17.5. The molecule has 3 heterocycles. The molecule has 5 fully saturated rings. The maximum absolute atomic E-state index is 12.6. The Morgan fingerprint density at radius 1 is 1.08 bits per heavy atom. The fraction of sp³-hybridized carbons (Fsp3) is 0.600. The van der Waals surface area contributed by atoms with Crippen LogP contribution >= 0.6 is 0 Å². The molecular weight excluding hydrogens is 452 g/mol. The van der Waals surface area contributed by atoms with Gasteiger partial charge in [0.25, 0.3) is 0 Å². The van der Waals surface area contributed by atoms with E-state index >= 15 is 0 Å². The fourth-order valence-electron chi connectivity index (χ4n) is 9.37. The number of methoxy groups -OCH3 is 1. The Morgan fingerprint density at radius 3 is 2.69 bits per heavy atom. The molecule has 2 aromatic rings. The van der Waals surface area contributed by atoms with Crippen LogP contribution in [0.1, 0.15) is 48.8 Å². The van der Waals surface area contributed by atoms with E-state index in [1.165, 1.54) is 24.0 Å². The number of aliphatic hydroxyl groups is 1. The van der Waals surface area contributed by atoms with E-state index in [-0.39, 0.29) is 23.4 Å². The highest BCUT2D eigenvalue weighted by Gasteiger charge is 2.81. The Hall–Kier alpha value is -2.12. The molecule has 0 radical (unpaired) electrons. The number of fused-ring (bicyclic) bond motifs is 1. The van der Waals surface area contributed by atoms with Crippen LogP contribution in [0, 0.1) is 11.8 Å². The molecule has 6 atom stereocenters. The second-order valence-corrected chi connectivity index (χ2v) is 12.3. The minimum absolute atomic E-state index is 0.0406. The van der Waals surface area contributed by atoms with Crippen molar-refractivity contribution < 1.29 is 19.7 Å². The summed E-state index contributed by atoms with van der Waals surface area (Å²) in [6, 6.07) is 14.8. The molecule has 190 valence electrons. The van der Waals surface area contributed by atoms with Crippen molar-refractivity contribution in [1.82, 2.24) is 9.80 Å². The first-order valence-corrected chi connectivity index (χ1v) is 13.8. The summed E-state index contributed by atoms with van der Waals surface area (Å²) < 4.78 is 12.9. The lowest BCUT2D eigenvalue weighted by molar-refractivity contribution is -0.224. The Labute approximate surface area is 212 Å². The van der Waals surface area contributed by atoms with Crippen molar-refractivity contribution in [3.63, 3.8) is 0 Å². The van der Waals surface area contributed by atoms with Crippen LogP contribution in [0.25, 0.3) is 0 Å². The molecule has 3 aliphatic heterocycles. The molecular formula is C30H36N2O4. The third kappa shape index (κ3) is 2.56. The predicted octanol–water partition coefficient (Wildman–Crippen LogP) is 3.43. The number of ether oxygens (including phenoxy) is 2. The minimum atomic E-state index is -0.951. The van der Waals surface area contributed by atoms with Crippen LogP contribution in [0.2, 0.25) is 0 Å². The third-order valence-electron chi connectivity index (χ3n) is 10.8. The Bertz CT molecular complexity index is 1220. The highest BCUT2D eigenvalue weighted by atomic mass is 16.5. The SMILES string of the molecule is COc1ccc2c(c1O)C13CCN(CC4CC4)C(C2)C12CCC1(O)C3[C@@H](CN1Cc1ccccc1)O2. The van der Waals surface area contributed by atoms with Gasteiger partial charge in [-0.25, -0.2) is 0 Å². The maximum Gasteiger partial charge on any atom is 0.161 e. The van der Waals surface area contributed by atoms with Crippen LogP contribution in [0.5, 0.6) is 11.5 Å². The zero-order valence-corrected chi connectivity index (χ0v) is 21.0. The molecule has 3 aliphatic carbocycles. The number of piperidine rings is 1. The van der Waals surface area contributed by atoms with Gasteiger partial charge in [0, 0.05) is 42.6 Å². The van der Waals surface area contributed by atoms with Gasteiger partial charge in [0.1, 0.15) is 5.72 Å². The average Bonchev–Trinajstić information content (AvgIpc) is 3.60. The number of benzene rings is 2. The normalized spacial score (nSPS) is 40.7. The lowest BCUT2D eigenvalue weighted by Gasteiger charge is -2.66. The Kier molecular flexibility index (Phi) is 4.42. The molecule has 2 saturated carbocycles. The number of hydrogen-bond donors (Lipinski definition) is 2. The molecule has 4 bridgehead atoms. The number of phenols is 1. The van der Waals surface area contributed by atoms with E-state index in [0.717, 1.165) is 56.8 Å². The van der Waals surface area contributed by atoms with Crippen molar-refractivity contribution in [3.05, 3.63) is 59.2 Å². The molecule has 8 rings (SSSR count). The minimum Gasteiger partial charge on any atom is -0.504 e. The molecule has 2 aromatic carbocycles. The summed E-state index contributed by atoms with van der Waals surface area (Å²) in [4.78, 5) is 4.99. The van der Waals surface area contributed by atoms with E-state index < -0.39 is 11.1 Å². The van der Waals surface area contributed by atoms with Gasteiger partial charge in [-0.1, -0.05) is 36.4 Å². The second-order valence-electron chi connectivity index (χ2n) is 12.3. The van der Waals surface area contributed by atoms with Gasteiger partial charge in [-0.2, -0.15) is 0 Å². The van der Waals surface area contributed by atoms with Crippen LogP contribution in [-0.2, 0) is 23.1 Å². The van der Waals surface area contributed by atoms with E-state index in [1.807, 2.05) is 12.1 Å². The van der Waals surface area contributed by atoms with E-state index in [0.29, 0.717) is 18.3 Å². The zero-order valence-electron chi connectivity index (χ0n) is 21.0. The van der Waals surface area contributed by atoms with Crippen LogP contribution < -0.4 is 4.74 Å². The monoisotopic (exact) mass is 488 g/mol.